The number of carbonyl (C=O) groups is 2. The molecule has 3 aromatic rings. The summed E-state index contributed by atoms with van der Waals surface area (Å²) in [5.41, 5.74) is 0.479. The Morgan fingerprint density at radius 3 is 2.49 bits per heavy atom. The first-order chi connectivity index (χ1) is 21.4. The van der Waals surface area contributed by atoms with Crippen molar-refractivity contribution < 1.29 is 46.1 Å². The summed E-state index contributed by atoms with van der Waals surface area (Å²) >= 11 is 13.8. The van der Waals surface area contributed by atoms with Gasteiger partial charge in [0.25, 0.3) is 0 Å². The molecule has 45 heavy (non-hydrogen) atoms. The Morgan fingerprint density at radius 1 is 1.09 bits per heavy atom. The molecule has 5 rings (SSSR count). The summed E-state index contributed by atoms with van der Waals surface area (Å²) < 4.78 is 70.7. The fourth-order valence-corrected chi connectivity index (χ4v) is 8.19. The lowest BCUT2D eigenvalue weighted by Crippen LogP contribution is -2.40. The van der Waals surface area contributed by atoms with Crippen molar-refractivity contribution >= 4 is 56.9 Å². The van der Waals surface area contributed by atoms with E-state index in [-0.39, 0.29) is 57.3 Å². The van der Waals surface area contributed by atoms with Crippen molar-refractivity contribution in [1.82, 2.24) is 9.29 Å². The van der Waals surface area contributed by atoms with Crippen LogP contribution < -0.4 is 9.47 Å². The molecule has 2 atom stereocenters. The molecule has 2 fully saturated rings. The van der Waals surface area contributed by atoms with E-state index < -0.39 is 40.1 Å². The minimum absolute atomic E-state index is 0.0189. The van der Waals surface area contributed by atoms with Gasteiger partial charge in [-0.1, -0.05) is 35.3 Å². The number of carbonyl (C=O) groups excluding carboxylic acids is 1. The third-order valence-electron chi connectivity index (χ3n) is 7.07. The van der Waals surface area contributed by atoms with Crippen LogP contribution in [0.5, 0.6) is 11.5 Å². The number of hydrogen-bond donors (Lipinski definition) is 1. The predicted molar refractivity (Wildman–Crippen MR) is 162 cm³/mol. The van der Waals surface area contributed by atoms with Crippen LogP contribution in [0.3, 0.4) is 0 Å². The molecule has 1 saturated carbocycles. The molecular formula is C29H26Cl2F2N2O8S2. The second kappa shape index (κ2) is 14.1. The van der Waals surface area contributed by atoms with Crippen LogP contribution in [0, 0.1) is 5.92 Å². The van der Waals surface area contributed by atoms with E-state index in [1.54, 1.807) is 0 Å². The average molecular weight is 704 g/mol. The zero-order valence-electron chi connectivity index (χ0n) is 23.3. The van der Waals surface area contributed by atoms with Crippen molar-refractivity contribution in [2.45, 2.75) is 42.2 Å². The van der Waals surface area contributed by atoms with Gasteiger partial charge in [0, 0.05) is 31.1 Å². The van der Waals surface area contributed by atoms with Gasteiger partial charge in [0.05, 0.1) is 27.1 Å². The highest BCUT2D eigenvalue weighted by Gasteiger charge is 2.42. The molecule has 0 bridgehead atoms. The zero-order chi connectivity index (χ0) is 32.3. The van der Waals surface area contributed by atoms with Crippen molar-refractivity contribution in [2.24, 2.45) is 5.92 Å². The molecule has 240 valence electrons. The number of ether oxygens (including phenoxy) is 3. The van der Waals surface area contributed by atoms with Gasteiger partial charge in [0.2, 0.25) is 10.0 Å². The third kappa shape index (κ3) is 7.98. The molecule has 16 heteroatoms. The lowest BCUT2D eigenvalue weighted by atomic mass is 10.0. The van der Waals surface area contributed by atoms with Crippen LogP contribution in [0.1, 0.15) is 40.4 Å². The fraction of sp³-hybridized carbons (Fsp3) is 0.345. The highest BCUT2D eigenvalue weighted by Crippen LogP contribution is 2.39. The van der Waals surface area contributed by atoms with Crippen LogP contribution in [-0.4, -0.2) is 65.6 Å². The number of benzene rings is 2. The number of hydrogen-bond acceptors (Lipinski definition) is 9. The van der Waals surface area contributed by atoms with E-state index in [4.69, 9.17) is 32.7 Å². The van der Waals surface area contributed by atoms with Crippen LogP contribution in [0.15, 0.2) is 59.8 Å². The summed E-state index contributed by atoms with van der Waals surface area (Å²) in [6, 6.07) is 8.95. The van der Waals surface area contributed by atoms with Crippen molar-refractivity contribution in [1.29, 1.82) is 0 Å². The second-order valence-corrected chi connectivity index (χ2v) is 14.1. The molecule has 0 unspecified atom stereocenters. The summed E-state index contributed by atoms with van der Waals surface area (Å²) in [5.74, 6) is -1.84. The topological polar surface area (TPSA) is 132 Å². The van der Waals surface area contributed by atoms with Gasteiger partial charge < -0.3 is 19.3 Å². The molecule has 1 aromatic heterocycles. The number of nitrogens with zero attached hydrogens (tertiary/aromatic N) is 2. The largest absolute Gasteiger partial charge is 0.489 e. The lowest BCUT2D eigenvalue weighted by Gasteiger charge is -2.26. The van der Waals surface area contributed by atoms with Crippen LogP contribution in [-0.2, 0) is 26.0 Å². The second-order valence-electron chi connectivity index (χ2n) is 10.2. The van der Waals surface area contributed by atoms with E-state index >= 15 is 0 Å². The Bertz CT molecular complexity index is 1670. The molecule has 0 radical (unpaired) electrons. The maximum atomic E-state index is 13.7. The van der Waals surface area contributed by atoms with Gasteiger partial charge in [-0.2, -0.15) is 13.1 Å². The van der Waals surface area contributed by atoms with Gasteiger partial charge in [-0.3, -0.25) is 4.98 Å². The SMILES string of the molecule is O=C(O)c1cccc(S(=O)(=O)N2CCS[C@@H]2C(=O)O[C@@H](Cc2c(Cl)cncc2Cl)c2ccc(OC(F)F)c(OCC3CC3)c2)c1. The number of rotatable bonds is 13. The summed E-state index contributed by atoms with van der Waals surface area (Å²) in [6.07, 6.45) is 3.41. The number of carboxylic acids is 1. The van der Waals surface area contributed by atoms with Gasteiger partial charge >= 0.3 is 18.6 Å². The van der Waals surface area contributed by atoms with E-state index in [0.717, 1.165) is 35.0 Å². The van der Waals surface area contributed by atoms with Gasteiger partial charge in [-0.05, 0) is 60.2 Å². The average Bonchev–Trinajstić information content (AvgIpc) is 3.69. The molecule has 2 heterocycles. The predicted octanol–water partition coefficient (Wildman–Crippen LogP) is 6.07. The standard InChI is InChI=1S/C29H26Cl2F2N2O8S2/c30-21-13-34-14-22(31)20(21)12-24(17-6-7-23(43-29(32)33)25(11-17)41-15-16-4-5-16)42-28(38)26-35(8-9-44-26)45(39,40)19-3-1-2-18(10-19)27(36)37/h1-3,6-7,10-11,13-14,16,24,26,29H,4-5,8-9,12,15H2,(H,36,37)/t24-,26+/m0/s1. The molecule has 0 amide bonds. The number of aromatic nitrogens is 1. The minimum Gasteiger partial charge on any atom is -0.489 e. The highest BCUT2D eigenvalue weighted by molar-refractivity contribution is 8.02. The first-order valence-electron chi connectivity index (χ1n) is 13.6. The van der Waals surface area contributed by atoms with Crippen molar-refractivity contribution in [3.05, 3.63) is 81.6 Å². The van der Waals surface area contributed by atoms with Gasteiger partial charge in [0.15, 0.2) is 16.9 Å². The molecule has 1 N–H and O–H groups in total. The maximum Gasteiger partial charge on any atom is 0.387 e. The summed E-state index contributed by atoms with van der Waals surface area (Å²) in [5, 5.41) is 8.39. The Balaban J connectivity index is 1.46. The number of aromatic carboxylic acids is 1. The minimum atomic E-state index is -4.30. The number of carboxylic acid groups (broad SMARTS) is 1. The molecular weight excluding hydrogens is 677 g/mol. The van der Waals surface area contributed by atoms with Crippen molar-refractivity contribution in [2.75, 3.05) is 18.9 Å². The van der Waals surface area contributed by atoms with Crippen LogP contribution >= 0.6 is 35.0 Å². The van der Waals surface area contributed by atoms with E-state index in [2.05, 4.69) is 9.72 Å². The van der Waals surface area contributed by atoms with Gasteiger partial charge in [-0.25, -0.2) is 18.0 Å². The molecule has 2 aliphatic rings. The number of halogens is 4. The van der Waals surface area contributed by atoms with E-state index in [1.165, 1.54) is 48.8 Å². The normalized spacial score (nSPS) is 17.7. The Kier molecular flexibility index (Phi) is 10.4. The number of alkyl halides is 2. The molecule has 2 aromatic carbocycles. The monoisotopic (exact) mass is 702 g/mol. The van der Waals surface area contributed by atoms with Crippen LogP contribution in [0.4, 0.5) is 8.78 Å². The number of sulfonamides is 1. The van der Waals surface area contributed by atoms with Crippen LogP contribution in [0.2, 0.25) is 10.0 Å². The Morgan fingerprint density at radius 2 is 1.82 bits per heavy atom. The molecule has 10 nitrogen and oxygen atoms in total. The smallest absolute Gasteiger partial charge is 0.387 e. The fourth-order valence-electron chi connectivity index (χ4n) is 4.58. The van der Waals surface area contributed by atoms with Crippen LogP contribution in [0.25, 0.3) is 0 Å². The maximum absolute atomic E-state index is 13.7. The van der Waals surface area contributed by atoms with E-state index in [1.807, 2.05) is 0 Å². The molecule has 1 saturated heterocycles. The quantitative estimate of drug-likeness (QED) is 0.209. The van der Waals surface area contributed by atoms with Gasteiger partial charge in [0.1, 0.15) is 6.10 Å². The van der Waals surface area contributed by atoms with Crippen molar-refractivity contribution in [3.63, 3.8) is 0 Å². The zero-order valence-corrected chi connectivity index (χ0v) is 26.4. The number of thioether (sulfide) groups is 1. The third-order valence-corrected chi connectivity index (χ3v) is 10.9. The van der Waals surface area contributed by atoms with E-state index in [9.17, 15) is 31.9 Å². The molecule has 1 aliphatic carbocycles. The highest BCUT2D eigenvalue weighted by atomic mass is 35.5. The number of esters is 1. The number of pyridine rings is 1. The van der Waals surface area contributed by atoms with Gasteiger partial charge in [-0.15, -0.1) is 11.8 Å². The summed E-state index contributed by atoms with van der Waals surface area (Å²) in [6.45, 7) is -2.86. The summed E-state index contributed by atoms with van der Waals surface area (Å²) in [7, 11) is -4.30. The first kappa shape index (κ1) is 33.2. The lowest BCUT2D eigenvalue weighted by molar-refractivity contribution is -0.150. The molecule has 1 aliphatic heterocycles. The van der Waals surface area contributed by atoms with E-state index in [0.29, 0.717) is 17.0 Å². The Labute approximate surface area is 271 Å². The molecule has 0 spiro atoms. The first-order valence-corrected chi connectivity index (χ1v) is 16.8. The van der Waals surface area contributed by atoms with Crippen molar-refractivity contribution in [3.8, 4) is 11.5 Å². The Hall–Kier alpha value is -3.17. The summed E-state index contributed by atoms with van der Waals surface area (Å²) in [4.78, 5) is 28.8.